The van der Waals surface area contributed by atoms with E-state index in [1.54, 1.807) is 18.5 Å². The van der Waals surface area contributed by atoms with Crippen LogP contribution >= 0.6 is 15.9 Å². The van der Waals surface area contributed by atoms with E-state index < -0.39 is 6.04 Å². The molecule has 0 bridgehead atoms. The monoisotopic (exact) mass is 538 g/mol. The summed E-state index contributed by atoms with van der Waals surface area (Å²) in [5, 5.41) is 21.4. The number of aryl methyl sites for hydroxylation is 2. The lowest BCUT2D eigenvalue weighted by molar-refractivity contribution is -0.131. The van der Waals surface area contributed by atoms with Gasteiger partial charge >= 0.3 is 0 Å². The number of benzene rings is 2. The molecule has 0 aliphatic carbocycles. The largest absolute Gasteiger partial charge is 0.507 e. The van der Waals surface area contributed by atoms with Crippen molar-refractivity contribution in [3.63, 3.8) is 0 Å². The number of fused-ring (bicyclic) bond motifs is 1. The second-order valence-electron chi connectivity index (χ2n) is 9.17. The predicted octanol–water partition coefficient (Wildman–Crippen LogP) is 3.80. The van der Waals surface area contributed by atoms with Crippen LogP contribution in [0.1, 0.15) is 39.9 Å². The number of carbonyl (C=O) groups is 1. The number of hydrogen-bond donors (Lipinski definition) is 4. The van der Waals surface area contributed by atoms with Crippen molar-refractivity contribution < 1.29 is 19.7 Å². The number of aromatic hydroxyl groups is 2. The van der Waals surface area contributed by atoms with E-state index in [9.17, 15) is 15.0 Å². The molecule has 4 unspecified atom stereocenters. The zero-order valence-corrected chi connectivity index (χ0v) is 21.2. The van der Waals surface area contributed by atoms with Gasteiger partial charge in [0.05, 0.1) is 23.7 Å². The summed E-state index contributed by atoms with van der Waals surface area (Å²) in [4.78, 5) is 19.8. The summed E-state index contributed by atoms with van der Waals surface area (Å²) in [7, 11) is 1.50. The molecule has 2 aliphatic rings. The molecular weight excluding hydrogens is 512 g/mol. The van der Waals surface area contributed by atoms with E-state index >= 15 is 0 Å². The number of aromatic nitrogens is 1. The SMILES string of the molecule is COc1cc(C2C3C(NNC3c3cc(C)cc(C)c3O)C(=O)N2Cc2cccnc2)cc(Br)c1O. The Morgan fingerprint density at radius 1 is 1.11 bits per heavy atom. The molecule has 9 heteroatoms. The van der Waals surface area contributed by atoms with Crippen molar-refractivity contribution in [2.75, 3.05) is 7.11 Å². The summed E-state index contributed by atoms with van der Waals surface area (Å²) in [5.41, 5.74) is 10.8. The van der Waals surface area contributed by atoms with Gasteiger partial charge < -0.3 is 19.8 Å². The van der Waals surface area contributed by atoms with Crippen LogP contribution in [0.25, 0.3) is 0 Å². The zero-order valence-electron chi connectivity index (χ0n) is 19.6. The molecular formula is C26H27BrN4O4. The second kappa shape index (κ2) is 9.14. The lowest BCUT2D eigenvalue weighted by Gasteiger charge is -2.32. The number of hydrazine groups is 1. The van der Waals surface area contributed by atoms with Crippen LogP contribution < -0.4 is 15.6 Å². The summed E-state index contributed by atoms with van der Waals surface area (Å²) < 4.78 is 5.90. The third kappa shape index (κ3) is 4.03. The van der Waals surface area contributed by atoms with Gasteiger partial charge in [0.25, 0.3) is 0 Å². The van der Waals surface area contributed by atoms with Crippen LogP contribution in [-0.4, -0.2) is 39.2 Å². The van der Waals surface area contributed by atoms with Gasteiger partial charge in [-0.05, 0) is 64.7 Å². The number of rotatable bonds is 5. The number of amides is 1. The Kier molecular flexibility index (Phi) is 6.16. The van der Waals surface area contributed by atoms with Crippen LogP contribution in [0.15, 0.2) is 53.3 Å². The Balaban J connectivity index is 1.65. The number of hydrogen-bond acceptors (Lipinski definition) is 7. The average molecular weight is 539 g/mol. The van der Waals surface area contributed by atoms with Crippen molar-refractivity contribution in [3.8, 4) is 17.2 Å². The molecule has 35 heavy (non-hydrogen) atoms. The molecule has 4 atom stereocenters. The smallest absolute Gasteiger partial charge is 0.242 e. The number of pyridine rings is 1. The highest BCUT2D eigenvalue weighted by Crippen LogP contribution is 2.51. The summed E-state index contributed by atoms with van der Waals surface area (Å²) in [6, 6.07) is 10.1. The minimum atomic E-state index is -0.500. The van der Waals surface area contributed by atoms with Gasteiger partial charge in [-0.25, -0.2) is 10.9 Å². The standard InChI is InChI=1S/C26H27BrN4O4/c1-13-7-14(2)24(32)17(8-13)21-20-22(30-29-21)26(34)31(12-15-5-4-6-28-11-15)23(20)16-9-18(27)25(33)19(10-16)35-3/h4-11,20-23,29-30,32-33H,12H2,1-3H3. The van der Waals surface area contributed by atoms with Crippen molar-refractivity contribution in [1.82, 2.24) is 20.7 Å². The van der Waals surface area contributed by atoms with Crippen LogP contribution in [0, 0.1) is 19.8 Å². The van der Waals surface area contributed by atoms with Crippen molar-refractivity contribution in [2.45, 2.75) is 38.5 Å². The number of carbonyl (C=O) groups excluding carboxylic acids is 1. The second-order valence-corrected chi connectivity index (χ2v) is 10.0. The summed E-state index contributed by atoms with van der Waals surface area (Å²) in [6.45, 7) is 4.24. The normalized spacial score (nSPS) is 23.5. The van der Waals surface area contributed by atoms with Gasteiger partial charge in [-0.15, -0.1) is 0 Å². The third-order valence-electron chi connectivity index (χ3n) is 6.91. The first-order valence-electron chi connectivity index (χ1n) is 11.4. The Morgan fingerprint density at radius 2 is 1.89 bits per heavy atom. The van der Waals surface area contributed by atoms with Crippen LogP contribution in [0.5, 0.6) is 17.2 Å². The van der Waals surface area contributed by atoms with Crippen LogP contribution in [0.3, 0.4) is 0 Å². The van der Waals surface area contributed by atoms with Crippen molar-refractivity contribution >= 4 is 21.8 Å². The van der Waals surface area contributed by atoms with Crippen LogP contribution in [-0.2, 0) is 11.3 Å². The Bertz CT molecular complexity index is 1290. The molecule has 0 radical (unpaired) electrons. The Morgan fingerprint density at radius 3 is 2.60 bits per heavy atom. The fraction of sp³-hybridized carbons (Fsp3) is 0.308. The molecule has 2 fully saturated rings. The summed E-state index contributed by atoms with van der Waals surface area (Å²) in [5.74, 6) is 0.244. The number of methoxy groups -OCH3 is 1. The number of ether oxygens (including phenoxy) is 1. The lowest BCUT2D eigenvalue weighted by Crippen LogP contribution is -2.41. The van der Waals surface area contributed by atoms with E-state index in [4.69, 9.17) is 4.74 Å². The van der Waals surface area contributed by atoms with Crippen molar-refractivity contribution in [2.24, 2.45) is 5.92 Å². The zero-order chi connectivity index (χ0) is 24.9. The fourth-order valence-electron chi connectivity index (χ4n) is 5.38. The highest BCUT2D eigenvalue weighted by atomic mass is 79.9. The highest BCUT2D eigenvalue weighted by Gasteiger charge is 2.56. The maximum atomic E-state index is 13.7. The molecule has 182 valence electrons. The molecule has 3 heterocycles. The molecule has 8 nitrogen and oxygen atoms in total. The molecule has 3 aromatic rings. The molecule has 2 aliphatic heterocycles. The minimum absolute atomic E-state index is 0.00195. The molecule has 5 rings (SSSR count). The average Bonchev–Trinajstić information content (AvgIpc) is 3.38. The lowest BCUT2D eigenvalue weighted by atomic mass is 9.82. The number of halogens is 1. The summed E-state index contributed by atoms with van der Waals surface area (Å²) >= 11 is 3.44. The van der Waals surface area contributed by atoms with Gasteiger partial charge in [0.15, 0.2) is 11.5 Å². The molecule has 0 spiro atoms. The summed E-state index contributed by atoms with van der Waals surface area (Å²) in [6.07, 6.45) is 3.46. The van der Waals surface area contributed by atoms with Gasteiger partial charge in [-0.2, -0.15) is 0 Å². The van der Waals surface area contributed by atoms with Gasteiger partial charge in [0, 0.05) is 30.4 Å². The third-order valence-corrected chi connectivity index (χ3v) is 7.52. The topological polar surface area (TPSA) is 107 Å². The van der Waals surface area contributed by atoms with E-state index in [1.165, 1.54) is 7.11 Å². The first-order valence-corrected chi connectivity index (χ1v) is 12.2. The Hall–Kier alpha value is -3.14. The van der Waals surface area contributed by atoms with E-state index in [0.29, 0.717) is 16.8 Å². The highest BCUT2D eigenvalue weighted by molar-refractivity contribution is 9.10. The maximum Gasteiger partial charge on any atom is 0.242 e. The van der Waals surface area contributed by atoms with E-state index in [-0.39, 0.29) is 35.4 Å². The number of likely N-dealkylation sites (tertiary alicyclic amines) is 1. The van der Waals surface area contributed by atoms with Crippen LogP contribution in [0.4, 0.5) is 0 Å². The number of nitrogens with zero attached hydrogens (tertiary/aromatic N) is 2. The first-order chi connectivity index (χ1) is 16.8. The number of nitrogens with one attached hydrogen (secondary N) is 2. The Labute approximate surface area is 212 Å². The molecule has 1 amide bonds. The van der Waals surface area contributed by atoms with E-state index in [0.717, 1.165) is 27.8 Å². The van der Waals surface area contributed by atoms with Crippen molar-refractivity contribution in [3.05, 3.63) is 81.1 Å². The molecule has 1 aromatic heterocycles. The number of phenolic OH excluding ortho intramolecular Hbond substituents is 2. The molecule has 0 saturated carbocycles. The van der Waals surface area contributed by atoms with E-state index in [1.807, 2.05) is 49.1 Å². The quantitative estimate of drug-likeness (QED) is 0.391. The fourth-order valence-corrected chi connectivity index (χ4v) is 5.84. The van der Waals surface area contributed by atoms with Gasteiger partial charge in [0.2, 0.25) is 5.91 Å². The van der Waals surface area contributed by atoms with Gasteiger partial charge in [0.1, 0.15) is 11.8 Å². The predicted molar refractivity (Wildman–Crippen MR) is 134 cm³/mol. The first kappa shape index (κ1) is 23.6. The minimum Gasteiger partial charge on any atom is -0.507 e. The molecule has 2 saturated heterocycles. The number of phenols is 2. The molecule has 4 N–H and O–H groups in total. The van der Waals surface area contributed by atoms with Gasteiger partial charge in [-0.1, -0.05) is 23.8 Å². The van der Waals surface area contributed by atoms with Gasteiger partial charge in [-0.3, -0.25) is 9.78 Å². The van der Waals surface area contributed by atoms with Crippen molar-refractivity contribution in [1.29, 1.82) is 0 Å². The van der Waals surface area contributed by atoms with Crippen LogP contribution in [0.2, 0.25) is 0 Å². The molecule has 2 aromatic carbocycles. The van der Waals surface area contributed by atoms with E-state index in [2.05, 4.69) is 31.8 Å². The maximum absolute atomic E-state index is 13.7.